The van der Waals surface area contributed by atoms with E-state index in [9.17, 15) is 9.59 Å². The average Bonchev–Trinajstić information content (AvgIpc) is 2.53. The molecule has 0 spiro atoms. The summed E-state index contributed by atoms with van der Waals surface area (Å²) in [5.41, 5.74) is 3.62. The van der Waals surface area contributed by atoms with E-state index in [2.05, 4.69) is 5.10 Å². The van der Waals surface area contributed by atoms with E-state index in [1.54, 1.807) is 13.0 Å². The third kappa shape index (κ3) is 3.67. The highest BCUT2D eigenvalue weighted by atomic mass is 16.5. The third-order valence-electron chi connectivity index (χ3n) is 3.87. The molecule has 1 heterocycles. The van der Waals surface area contributed by atoms with Gasteiger partial charge in [0.25, 0.3) is 5.56 Å². The predicted molar refractivity (Wildman–Crippen MR) is 89.4 cm³/mol. The average molecular weight is 314 g/mol. The minimum Gasteiger partial charge on any atom is -0.464 e. The summed E-state index contributed by atoms with van der Waals surface area (Å²) in [5, 5.41) is 4.39. The van der Waals surface area contributed by atoms with Crippen molar-refractivity contribution >= 4 is 5.97 Å². The summed E-state index contributed by atoms with van der Waals surface area (Å²) < 4.78 is 6.27. The first-order valence-corrected chi connectivity index (χ1v) is 7.82. The van der Waals surface area contributed by atoms with Gasteiger partial charge in [-0.05, 0) is 50.5 Å². The molecule has 1 aromatic carbocycles. The van der Waals surface area contributed by atoms with Crippen LogP contribution >= 0.6 is 0 Å². The van der Waals surface area contributed by atoms with E-state index in [1.807, 2.05) is 39.0 Å². The minimum absolute atomic E-state index is 0.279. The molecule has 0 aliphatic carbocycles. The Morgan fingerprint density at radius 2 is 1.91 bits per heavy atom. The first kappa shape index (κ1) is 16.9. The van der Waals surface area contributed by atoms with Gasteiger partial charge in [0, 0.05) is 11.6 Å². The Morgan fingerprint density at radius 1 is 1.17 bits per heavy atom. The van der Waals surface area contributed by atoms with Gasteiger partial charge in [0.05, 0.1) is 12.3 Å². The van der Waals surface area contributed by atoms with Crippen LogP contribution in [-0.2, 0) is 9.53 Å². The highest BCUT2D eigenvalue weighted by Crippen LogP contribution is 2.20. The van der Waals surface area contributed by atoms with Crippen LogP contribution in [0.15, 0.2) is 35.1 Å². The summed E-state index contributed by atoms with van der Waals surface area (Å²) in [7, 11) is 0. The maximum atomic E-state index is 12.1. The Morgan fingerprint density at radius 3 is 2.52 bits per heavy atom. The summed E-state index contributed by atoms with van der Waals surface area (Å²) in [4.78, 5) is 24.2. The Bertz CT molecular complexity index is 765. The molecular weight excluding hydrogens is 292 g/mol. The van der Waals surface area contributed by atoms with Gasteiger partial charge < -0.3 is 4.74 Å². The van der Waals surface area contributed by atoms with Crippen molar-refractivity contribution in [1.29, 1.82) is 0 Å². The molecule has 0 saturated heterocycles. The highest BCUT2D eigenvalue weighted by Gasteiger charge is 2.22. The van der Waals surface area contributed by atoms with E-state index in [0.717, 1.165) is 11.1 Å². The van der Waals surface area contributed by atoms with Gasteiger partial charge in [0.15, 0.2) is 6.04 Å². The fourth-order valence-corrected chi connectivity index (χ4v) is 2.38. The lowest BCUT2D eigenvalue weighted by Gasteiger charge is -2.16. The Labute approximate surface area is 135 Å². The second-order valence-electron chi connectivity index (χ2n) is 5.48. The molecular formula is C18H22N2O3. The minimum atomic E-state index is -0.700. The number of ether oxygens (including phenoxy) is 1. The van der Waals surface area contributed by atoms with Crippen molar-refractivity contribution in [3.8, 4) is 11.3 Å². The summed E-state index contributed by atoms with van der Waals surface area (Å²) >= 11 is 0. The first-order valence-electron chi connectivity index (χ1n) is 7.82. The molecule has 0 aliphatic rings. The summed E-state index contributed by atoms with van der Waals surface area (Å²) in [5.74, 6) is -0.429. The molecule has 0 N–H and O–H groups in total. The smallest absolute Gasteiger partial charge is 0.331 e. The standard InChI is InChI=1S/C18H22N2O3/c1-5-16(18(22)23-6-2)20-17(21)10-9-15(19-20)14-8-7-12(3)13(4)11-14/h7-11,16H,5-6H2,1-4H3/t16-/m1/s1. The number of carbonyl (C=O) groups is 1. The number of aryl methyl sites for hydroxylation is 2. The van der Waals surface area contributed by atoms with Crippen molar-refractivity contribution < 1.29 is 9.53 Å². The van der Waals surface area contributed by atoms with Gasteiger partial charge in [0.2, 0.25) is 0 Å². The van der Waals surface area contributed by atoms with Crippen molar-refractivity contribution in [2.24, 2.45) is 0 Å². The third-order valence-corrected chi connectivity index (χ3v) is 3.87. The Balaban J connectivity index is 2.47. The monoisotopic (exact) mass is 314 g/mol. The molecule has 0 bridgehead atoms. The van der Waals surface area contributed by atoms with Gasteiger partial charge in [0.1, 0.15) is 0 Å². The van der Waals surface area contributed by atoms with Crippen LogP contribution in [0.1, 0.15) is 37.4 Å². The number of hydrogen-bond donors (Lipinski definition) is 0. The number of aromatic nitrogens is 2. The molecule has 2 rings (SSSR count). The van der Waals surface area contributed by atoms with Crippen LogP contribution in [0, 0.1) is 13.8 Å². The molecule has 2 aromatic rings. The topological polar surface area (TPSA) is 61.2 Å². The molecule has 0 amide bonds. The molecule has 0 unspecified atom stereocenters. The van der Waals surface area contributed by atoms with Gasteiger partial charge in [-0.1, -0.05) is 19.1 Å². The zero-order valence-electron chi connectivity index (χ0n) is 14.0. The molecule has 122 valence electrons. The quantitative estimate of drug-likeness (QED) is 0.796. The molecule has 5 nitrogen and oxygen atoms in total. The van der Waals surface area contributed by atoms with Crippen LogP contribution in [0.2, 0.25) is 0 Å². The maximum Gasteiger partial charge on any atom is 0.331 e. The SMILES string of the molecule is CCOC(=O)[C@@H](CC)n1nc(-c2ccc(C)c(C)c2)ccc1=O. The molecule has 0 aliphatic heterocycles. The van der Waals surface area contributed by atoms with Crippen molar-refractivity contribution in [3.05, 3.63) is 51.8 Å². The van der Waals surface area contributed by atoms with Gasteiger partial charge in [-0.3, -0.25) is 4.79 Å². The summed E-state index contributed by atoms with van der Waals surface area (Å²) in [6, 6.07) is 8.43. The number of rotatable bonds is 5. The predicted octanol–water partition coefficient (Wildman–Crippen LogP) is 3.04. The van der Waals surface area contributed by atoms with E-state index in [0.29, 0.717) is 12.1 Å². The van der Waals surface area contributed by atoms with E-state index in [4.69, 9.17) is 4.74 Å². The van der Waals surface area contributed by atoms with Crippen LogP contribution in [0.5, 0.6) is 0 Å². The summed E-state index contributed by atoms with van der Waals surface area (Å²) in [6.45, 7) is 7.93. The van der Waals surface area contributed by atoms with Crippen molar-refractivity contribution in [1.82, 2.24) is 9.78 Å². The van der Waals surface area contributed by atoms with E-state index >= 15 is 0 Å². The molecule has 23 heavy (non-hydrogen) atoms. The van der Waals surface area contributed by atoms with Crippen molar-refractivity contribution in [2.75, 3.05) is 6.61 Å². The van der Waals surface area contributed by atoms with Crippen molar-refractivity contribution in [2.45, 2.75) is 40.2 Å². The number of carbonyl (C=O) groups excluding carboxylic acids is 1. The van der Waals surface area contributed by atoms with Gasteiger partial charge in [-0.2, -0.15) is 5.10 Å². The number of nitrogens with zero attached hydrogens (tertiary/aromatic N) is 2. The molecule has 0 saturated carbocycles. The van der Waals surface area contributed by atoms with E-state index < -0.39 is 12.0 Å². The number of benzene rings is 1. The second kappa shape index (κ2) is 7.22. The lowest BCUT2D eigenvalue weighted by atomic mass is 10.0. The van der Waals surface area contributed by atoms with Gasteiger partial charge >= 0.3 is 5.97 Å². The fourth-order valence-electron chi connectivity index (χ4n) is 2.38. The number of esters is 1. The zero-order valence-corrected chi connectivity index (χ0v) is 14.0. The Kier molecular flexibility index (Phi) is 5.32. The fraction of sp³-hybridized carbons (Fsp3) is 0.389. The lowest BCUT2D eigenvalue weighted by Crippen LogP contribution is -2.32. The van der Waals surface area contributed by atoms with E-state index in [1.165, 1.54) is 16.3 Å². The van der Waals surface area contributed by atoms with Crippen LogP contribution in [-0.4, -0.2) is 22.4 Å². The van der Waals surface area contributed by atoms with Crippen LogP contribution in [0.25, 0.3) is 11.3 Å². The molecule has 1 atom stereocenters. The lowest BCUT2D eigenvalue weighted by molar-refractivity contribution is -0.147. The molecule has 0 fully saturated rings. The van der Waals surface area contributed by atoms with Gasteiger partial charge in [-0.15, -0.1) is 0 Å². The highest BCUT2D eigenvalue weighted by molar-refractivity contribution is 5.74. The van der Waals surface area contributed by atoms with Crippen LogP contribution in [0.3, 0.4) is 0 Å². The van der Waals surface area contributed by atoms with Gasteiger partial charge in [-0.25, -0.2) is 9.48 Å². The number of hydrogen-bond acceptors (Lipinski definition) is 4. The molecule has 5 heteroatoms. The maximum absolute atomic E-state index is 12.1. The largest absolute Gasteiger partial charge is 0.464 e. The van der Waals surface area contributed by atoms with Crippen LogP contribution in [0.4, 0.5) is 0 Å². The zero-order chi connectivity index (χ0) is 17.0. The molecule has 1 aromatic heterocycles. The normalized spacial score (nSPS) is 12.0. The molecule has 0 radical (unpaired) electrons. The summed E-state index contributed by atoms with van der Waals surface area (Å²) in [6.07, 6.45) is 0.447. The van der Waals surface area contributed by atoms with Crippen molar-refractivity contribution in [3.63, 3.8) is 0 Å². The first-order chi connectivity index (χ1) is 11.0. The second-order valence-corrected chi connectivity index (χ2v) is 5.48. The Hall–Kier alpha value is -2.43. The van der Waals surface area contributed by atoms with E-state index in [-0.39, 0.29) is 12.2 Å². The van der Waals surface area contributed by atoms with Crippen LogP contribution < -0.4 is 5.56 Å².